The van der Waals surface area contributed by atoms with E-state index in [1.54, 1.807) is 6.07 Å². The minimum absolute atomic E-state index is 0.137. The summed E-state index contributed by atoms with van der Waals surface area (Å²) in [6.07, 6.45) is 3.14. The second-order valence-corrected chi connectivity index (χ2v) is 5.08. The average molecular weight is 297 g/mol. The van der Waals surface area contributed by atoms with E-state index < -0.39 is 0 Å². The van der Waals surface area contributed by atoms with E-state index >= 15 is 0 Å². The lowest BCUT2D eigenvalue weighted by Crippen LogP contribution is -2.25. The van der Waals surface area contributed by atoms with Gasteiger partial charge in [0, 0.05) is 13.2 Å². The molecule has 1 atom stereocenters. The molecule has 0 aliphatic carbocycles. The van der Waals surface area contributed by atoms with Gasteiger partial charge in [0.05, 0.1) is 19.3 Å². The van der Waals surface area contributed by atoms with Crippen molar-refractivity contribution in [3.8, 4) is 0 Å². The number of rotatable bonds is 12. The standard InChI is InChI=1S/C17H28FNO2/c1-3-5-10-20-11-12-21-17(14-19-9-4-2)15-7-6-8-16(18)13-15/h6-8,13,17,19H,3-5,9-12,14H2,1-2H3. The molecule has 0 aliphatic heterocycles. The zero-order valence-corrected chi connectivity index (χ0v) is 13.2. The Hall–Kier alpha value is -0.970. The molecule has 0 amide bonds. The van der Waals surface area contributed by atoms with E-state index in [0.717, 1.165) is 38.0 Å². The number of benzene rings is 1. The summed E-state index contributed by atoms with van der Waals surface area (Å²) in [5.74, 6) is -0.226. The number of hydrogen-bond donors (Lipinski definition) is 1. The third-order valence-corrected chi connectivity index (χ3v) is 3.17. The van der Waals surface area contributed by atoms with Crippen LogP contribution < -0.4 is 5.32 Å². The second-order valence-electron chi connectivity index (χ2n) is 5.08. The number of nitrogens with one attached hydrogen (secondary N) is 1. The van der Waals surface area contributed by atoms with Crippen molar-refractivity contribution < 1.29 is 13.9 Å². The van der Waals surface area contributed by atoms with Gasteiger partial charge in [-0.25, -0.2) is 4.39 Å². The largest absolute Gasteiger partial charge is 0.379 e. The van der Waals surface area contributed by atoms with Gasteiger partial charge in [0.2, 0.25) is 0 Å². The monoisotopic (exact) mass is 297 g/mol. The number of ether oxygens (including phenoxy) is 2. The number of unbranched alkanes of at least 4 members (excludes halogenated alkanes) is 1. The highest BCUT2D eigenvalue weighted by atomic mass is 19.1. The van der Waals surface area contributed by atoms with E-state index in [1.807, 2.05) is 6.07 Å². The minimum atomic E-state index is -0.226. The molecule has 120 valence electrons. The van der Waals surface area contributed by atoms with Gasteiger partial charge in [-0.15, -0.1) is 0 Å². The highest BCUT2D eigenvalue weighted by molar-refractivity contribution is 5.19. The van der Waals surface area contributed by atoms with E-state index in [-0.39, 0.29) is 11.9 Å². The van der Waals surface area contributed by atoms with Crippen molar-refractivity contribution in [1.82, 2.24) is 5.32 Å². The van der Waals surface area contributed by atoms with Crippen molar-refractivity contribution in [2.24, 2.45) is 0 Å². The fraction of sp³-hybridized carbons (Fsp3) is 0.647. The van der Waals surface area contributed by atoms with Crippen LogP contribution in [0.2, 0.25) is 0 Å². The van der Waals surface area contributed by atoms with Crippen molar-refractivity contribution in [3.63, 3.8) is 0 Å². The quantitative estimate of drug-likeness (QED) is 0.597. The smallest absolute Gasteiger partial charge is 0.123 e. The SMILES string of the molecule is CCCCOCCOC(CNCCC)c1cccc(F)c1. The Balaban J connectivity index is 2.41. The van der Waals surface area contributed by atoms with Gasteiger partial charge < -0.3 is 14.8 Å². The first-order chi connectivity index (χ1) is 10.3. The van der Waals surface area contributed by atoms with Gasteiger partial charge in [-0.1, -0.05) is 32.4 Å². The van der Waals surface area contributed by atoms with Gasteiger partial charge in [-0.3, -0.25) is 0 Å². The topological polar surface area (TPSA) is 30.5 Å². The Morgan fingerprint density at radius 3 is 2.71 bits per heavy atom. The molecule has 1 aromatic rings. The molecular formula is C17H28FNO2. The van der Waals surface area contributed by atoms with E-state index in [4.69, 9.17) is 9.47 Å². The first kappa shape index (κ1) is 18.1. The van der Waals surface area contributed by atoms with Crippen LogP contribution in [-0.2, 0) is 9.47 Å². The first-order valence-electron chi connectivity index (χ1n) is 7.93. The number of hydrogen-bond acceptors (Lipinski definition) is 3. The normalized spacial score (nSPS) is 12.5. The van der Waals surface area contributed by atoms with Crippen LogP contribution in [0.15, 0.2) is 24.3 Å². The fourth-order valence-corrected chi connectivity index (χ4v) is 1.99. The predicted octanol–water partition coefficient (Wildman–Crippen LogP) is 3.70. The third-order valence-electron chi connectivity index (χ3n) is 3.17. The molecule has 0 saturated heterocycles. The maximum atomic E-state index is 13.3. The summed E-state index contributed by atoms with van der Waals surface area (Å²) in [6.45, 7) is 7.76. The molecule has 0 radical (unpaired) electrons. The average Bonchev–Trinajstić information content (AvgIpc) is 2.49. The molecule has 0 spiro atoms. The highest BCUT2D eigenvalue weighted by Gasteiger charge is 2.12. The van der Waals surface area contributed by atoms with Gasteiger partial charge in [-0.05, 0) is 37.1 Å². The van der Waals surface area contributed by atoms with Crippen LogP contribution in [0.3, 0.4) is 0 Å². The summed E-state index contributed by atoms with van der Waals surface area (Å²) in [4.78, 5) is 0. The van der Waals surface area contributed by atoms with Crippen LogP contribution >= 0.6 is 0 Å². The van der Waals surface area contributed by atoms with Crippen molar-refractivity contribution in [3.05, 3.63) is 35.6 Å². The van der Waals surface area contributed by atoms with Crippen LogP contribution in [0, 0.1) is 5.82 Å². The molecule has 3 nitrogen and oxygen atoms in total. The zero-order valence-electron chi connectivity index (χ0n) is 13.2. The maximum absolute atomic E-state index is 13.3. The summed E-state index contributed by atoms with van der Waals surface area (Å²) in [7, 11) is 0. The lowest BCUT2D eigenvalue weighted by atomic mass is 10.1. The van der Waals surface area contributed by atoms with Gasteiger partial charge in [-0.2, -0.15) is 0 Å². The van der Waals surface area contributed by atoms with E-state index in [2.05, 4.69) is 19.2 Å². The highest BCUT2D eigenvalue weighted by Crippen LogP contribution is 2.17. The van der Waals surface area contributed by atoms with Crippen molar-refractivity contribution in [2.75, 3.05) is 32.9 Å². The van der Waals surface area contributed by atoms with Gasteiger partial charge in [0.15, 0.2) is 0 Å². The Morgan fingerprint density at radius 2 is 2.00 bits per heavy atom. The molecule has 1 aromatic carbocycles. The maximum Gasteiger partial charge on any atom is 0.123 e. The van der Waals surface area contributed by atoms with Gasteiger partial charge in [0.1, 0.15) is 5.82 Å². The molecule has 1 N–H and O–H groups in total. The lowest BCUT2D eigenvalue weighted by Gasteiger charge is -2.19. The fourth-order valence-electron chi connectivity index (χ4n) is 1.99. The van der Waals surface area contributed by atoms with Gasteiger partial charge in [0.25, 0.3) is 0 Å². The van der Waals surface area contributed by atoms with Crippen LogP contribution in [0.4, 0.5) is 4.39 Å². The Morgan fingerprint density at radius 1 is 1.14 bits per heavy atom. The Kier molecular flexibility index (Phi) is 10.0. The third kappa shape index (κ3) is 8.15. The van der Waals surface area contributed by atoms with Crippen LogP contribution in [-0.4, -0.2) is 32.9 Å². The molecule has 0 heterocycles. The molecule has 21 heavy (non-hydrogen) atoms. The van der Waals surface area contributed by atoms with Gasteiger partial charge >= 0.3 is 0 Å². The van der Waals surface area contributed by atoms with Crippen molar-refractivity contribution in [2.45, 2.75) is 39.2 Å². The molecule has 1 unspecified atom stereocenters. The first-order valence-corrected chi connectivity index (χ1v) is 7.93. The molecule has 0 fully saturated rings. The summed E-state index contributed by atoms with van der Waals surface area (Å²) in [6, 6.07) is 6.61. The van der Waals surface area contributed by atoms with E-state index in [0.29, 0.717) is 19.8 Å². The number of halogens is 1. The minimum Gasteiger partial charge on any atom is -0.379 e. The Bertz CT molecular complexity index is 374. The molecule has 0 aromatic heterocycles. The molecule has 4 heteroatoms. The predicted molar refractivity (Wildman–Crippen MR) is 84.0 cm³/mol. The van der Waals surface area contributed by atoms with Crippen LogP contribution in [0.5, 0.6) is 0 Å². The Labute approximate surface area is 127 Å². The molecule has 1 rings (SSSR count). The summed E-state index contributed by atoms with van der Waals surface area (Å²) < 4.78 is 24.7. The van der Waals surface area contributed by atoms with E-state index in [1.165, 1.54) is 12.1 Å². The lowest BCUT2D eigenvalue weighted by molar-refractivity contribution is 0.00356. The zero-order chi connectivity index (χ0) is 15.3. The van der Waals surface area contributed by atoms with E-state index in [9.17, 15) is 4.39 Å². The molecule has 0 aliphatic rings. The van der Waals surface area contributed by atoms with Crippen LogP contribution in [0.1, 0.15) is 44.8 Å². The van der Waals surface area contributed by atoms with Crippen molar-refractivity contribution >= 4 is 0 Å². The molecule has 0 saturated carbocycles. The second kappa shape index (κ2) is 11.7. The molecule has 0 bridgehead atoms. The van der Waals surface area contributed by atoms with Crippen LogP contribution in [0.25, 0.3) is 0 Å². The summed E-state index contributed by atoms with van der Waals surface area (Å²) >= 11 is 0. The molecular weight excluding hydrogens is 269 g/mol. The van der Waals surface area contributed by atoms with Crippen molar-refractivity contribution in [1.29, 1.82) is 0 Å². The summed E-state index contributed by atoms with van der Waals surface area (Å²) in [5.41, 5.74) is 0.868. The summed E-state index contributed by atoms with van der Waals surface area (Å²) in [5, 5.41) is 3.33.